The largest absolute Gasteiger partial charge is 0.399 e. The average Bonchev–Trinajstić information content (AvgIpc) is 2.40. The molecule has 0 unspecified atom stereocenters. The Bertz CT molecular complexity index is 842. The summed E-state index contributed by atoms with van der Waals surface area (Å²) in [6.45, 7) is 1.62. The minimum Gasteiger partial charge on any atom is -0.399 e. The van der Waals surface area contributed by atoms with Crippen LogP contribution < -0.4 is 10.5 Å². The molecule has 0 heterocycles. The Kier molecular flexibility index (Phi) is 3.82. The van der Waals surface area contributed by atoms with Crippen LogP contribution in [0, 0.1) is 24.1 Å². The average molecular weight is 305 g/mol. The first-order valence-electron chi connectivity index (χ1n) is 5.92. The Morgan fingerprint density at radius 2 is 1.95 bits per heavy atom. The molecular weight excluding hydrogens is 293 g/mol. The monoisotopic (exact) mass is 305 g/mol. The van der Waals surface area contributed by atoms with E-state index in [0.29, 0.717) is 11.3 Å². The molecule has 0 amide bonds. The number of benzene rings is 2. The molecule has 108 valence electrons. The van der Waals surface area contributed by atoms with Gasteiger partial charge in [-0.15, -0.1) is 0 Å². The molecule has 0 aliphatic heterocycles. The van der Waals surface area contributed by atoms with Gasteiger partial charge in [0.2, 0.25) is 0 Å². The topological polar surface area (TPSA) is 96.0 Å². The number of hydrogen-bond acceptors (Lipinski definition) is 4. The molecule has 0 bridgehead atoms. The van der Waals surface area contributed by atoms with E-state index in [-0.39, 0.29) is 16.1 Å². The predicted octanol–water partition coefficient (Wildman–Crippen LogP) is 2.39. The molecule has 0 saturated heterocycles. The van der Waals surface area contributed by atoms with Crippen molar-refractivity contribution >= 4 is 21.4 Å². The fourth-order valence-electron chi connectivity index (χ4n) is 1.86. The molecule has 7 heteroatoms. The summed E-state index contributed by atoms with van der Waals surface area (Å²) in [5.74, 6) is -0.705. The third kappa shape index (κ3) is 3.12. The number of nitrogens with one attached hydrogen (secondary N) is 1. The maximum absolute atomic E-state index is 13.2. The molecule has 2 aromatic carbocycles. The molecule has 0 spiro atoms. The van der Waals surface area contributed by atoms with Crippen LogP contribution in [0.1, 0.15) is 11.1 Å². The van der Waals surface area contributed by atoms with Crippen molar-refractivity contribution < 1.29 is 12.8 Å². The van der Waals surface area contributed by atoms with E-state index >= 15 is 0 Å². The summed E-state index contributed by atoms with van der Waals surface area (Å²) in [4.78, 5) is 0.0690. The standard InChI is InChI=1S/C14H12FN3O2S/c1-9-6-11(17)2-5-14(9)21(19,20)18-12-3-4-13(15)10(7-12)8-16/h2-7,18H,17H2,1H3. The zero-order valence-electron chi connectivity index (χ0n) is 11.1. The molecule has 5 nitrogen and oxygen atoms in total. The van der Waals surface area contributed by atoms with E-state index in [0.717, 1.165) is 12.1 Å². The van der Waals surface area contributed by atoms with Crippen molar-refractivity contribution in [2.45, 2.75) is 11.8 Å². The van der Waals surface area contributed by atoms with Gasteiger partial charge in [-0.1, -0.05) is 0 Å². The highest BCUT2D eigenvalue weighted by Crippen LogP contribution is 2.22. The Morgan fingerprint density at radius 1 is 1.24 bits per heavy atom. The van der Waals surface area contributed by atoms with Crippen LogP contribution in [0.15, 0.2) is 41.3 Å². The van der Waals surface area contributed by atoms with Crippen molar-refractivity contribution in [1.82, 2.24) is 0 Å². The number of nitriles is 1. The summed E-state index contributed by atoms with van der Waals surface area (Å²) in [5.41, 5.74) is 6.42. The van der Waals surface area contributed by atoms with Crippen molar-refractivity contribution in [2.75, 3.05) is 10.5 Å². The molecule has 0 atom stereocenters. The minimum atomic E-state index is -3.84. The molecule has 0 fully saturated rings. The van der Waals surface area contributed by atoms with Gasteiger partial charge in [0, 0.05) is 5.69 Å². The number of nitrogens with two attached hydrogens (primary N) is 1. The van der Waals surface area contributed by atoms with Gasteiger partial charge < -0.3 is 5.73 Å². The maximum Gasteiger partial charge on any atom is 0.262 e. The van der Waals surface area contributed by atoms with E-state index < -0.39 is 15.8 Å². The summed E-state index contributed by atoms with van der Waals surface area (Å²) < 4.78 is 40.1. The Balaban J connectivity index is 2.40. The molecule has 0 radical (unpaired) electrons. The van der Waals surface area contributed by atoms with Crippen LogP contribution in [0.25, 0.3) is 0 Å². The molecule has 21 heavy (non-hydrogen) atoms. The summed E-state index contributed by atoms with van der Waals surface area (Å²) in [5, 5.41) is 8.75. The van der Waals surface area contributed by atoms with Gasteiger partial charge in [0.25, 0.3) is 10.0 Å². The van der Waals surface area contributed by atoms with Crippen molar-refractivity contribution in [3.8, 4) is 6.07 Å². The zero-order valence-corrected chi connectivity index (χ0v) is 11.9. The van der Waals surface area contributed by atoms with Gasteiger partial charge in [0.1, 0.15) is 11.9 Å². The van der Waals surface area contributed by atoms with Crippen LogP contribution in [0.2, 0.25) is 0 Å². The number of nitrogens with zero attached hydrogens (tertiary/aromatic N) is 1. The molecule has 3 N–H and O–H groups in total. The molecule has 2 aromatic rings. The molecule has 2 rings (SSSR count). The minimum absolute atomic E-state index is 0.0690. The fourth-order valence-corrected chi connectivity index (χ4v) is 3.14. The number of hydrogen-bond donors (Lipinski definition) is 2. The molecule has 0 aromatic heterocycles. The van der Waals surface area contributed by atoms with E-state index in [1.54, 1.807) is 19.1 Å². The number of anilines is 2. The number of rotatable bonds is 3. The normalized spacial score (nSPS) is 10.9. The third-order valence-electron chi connectivity index (χ3n) is 2.83. The van der Waals surface area contributed by atoms with E-state index in [1.165, 1.54) is 18.2 Å². The predicted molar refractivity (Wildman–Crippen MR) is 77.5 cm³/mol. The second-order valence-electron chi connectivity index (χ2n) is 4.44. The summed E-state index contributed by atoms with van der Waals surface area (Å²) in [6, 6.07) is 9.49. The smallest absolute Gasteiger partial charge is 0.262 e. The van der Waals surface area contributed by atoms with Gasteiger partial charge in [-0.2, -0.15) is 5.26 Å². The van der Waals surface area contributed by atoms with Crippen molar-refractivity contribution in [3.63, 3.8) is 0 Å². The number of halogens is 1. The first kappa shape index (κ1) is 14.8. The molecular formula is C14H12FN3O2S. The number of nitrogen functional groups attached to an aromatic ring is 1. The Labute approximate surface area is 121 Å². The van der Waals surface area contributed by atoms with Gasteiger partial charge in [-0.3, -0.25) is 4.72 Å². The lowest BCUT2D eigenvalue weighted by Crippen LogP contribution is -2.14. The van der Waals surface area contributed by atoms with E-state index in [1.807, 2.05) is 0 Å². The van der Waals surface area contributed by atoms with Crippen LogP contribution in [0.4, 0.5) is 15.8 Å². The van der Waals surface area contributed by atoms with Crippen molar-refractivity contribution in [2.24, 2.45) is 0 Å². The van der Waals surface area contributed by atoms with E-state index in [9.17, 15) is 12.8 Å². The second-order valence-corrected chi connectivity index (χ2v) is 6.09. The quantitative estimate of drug-likeness (QED) is 0.851. The Hall–Kier alpha value is -2.59. The lowest BCUT2D eigenvalue weighted by atomic mass is 10.2. The van der Waals surface area contributed by atoms with Gasteiger partial charge in [0.15, 0.2) is 0 Å². The highest BCUT2D eigenvalue weighted by molar-refractivity contribution is 7.92. The number of aryl methyl sites for hydroxylation is 1. The van der Waals surface area contributed by atoms with Crippen molar-refractivity contribution in [1.29, 1.82) is 5.26 Å². The lowest BCUT2D eigenvalue weighted by Gasteiger charge is -2.11. The van der Waals surface area contributed by atoms with Gasteiger partial charge in [-0.25, -0.2) is 12.8 Å². The SMILES string of the molecule is Cc1cc(N)ccc1S(=O)(=O)Nc1ccc(F)c(C#N)c1. The van der Waals surface area contributed by atoms with E-state index in [4.69, 9.17) is 11.0 Å². The summed E-state index contributed by atoms with van der Waals surface area (Å²) >= 11 is 0. The molecule has 0 aliphatic rings. The third-order valence-corrected chi connectivity index (χ3v) is 4.37. The van der Waals surface area contributed by atoms with Crippen LogP contribution in [-0.2, 0) is 10.0 Å². The van der Waals surface area contributed by atoms with Gasteiger partial charge in [0.05, 0.1) is 16.1 Å². The van der Waals surface area contributed by atoms with Crippen LogP contribution in [0.3, 0.4) is 0 Å². The first-order chi connectivity index (χ1) is 9.83. The van der Waals surface area contributed by atoms with Gasteiger partial charge in [-0.05, 0) is 48.9 Å². The molecule has 0 saturated carbocycles. The fraction of sp³-hybridized carbons (Fsp3) is 0.0714. The summed E-state index contributed by atoms with van der Waals surface area (Å²) in [7, 11) is -3.84. The highest BCUT2D eigenvalue weighted by atomic mass is 32.2. The van der Waals surface area contributed by atoms with Crippen LogP contribution in [0.5, 0.6) is 0 Å². The Morgan fingerprint density at radius 3 is 2.57 bits per heavy atom. The molecule has 0 aliphatic carbocycles. The first-order valence-corrected chi connectivity index (χ1v) is 7.40. The maximum atomic E-state index is 13.2. The van der Waals surface area contributed by atoms with Crippen LogP contribution >= 0.6 is 0 Å². The van der Waals surface area contributed by atoms with E-state index in [2.05, 4.69) is 4.72 Å². The van der Waals surface area contributed by atoms with Crippen molar-refractivity contribution in [3.05, 3.63) is 53.3 Å². The summed E-state index contributed by atoms with van der Waals surface area (Å²) in [6.07, 6.45) is 0. The lowest BCUT2D eigenvalue weighted by molar-refractivity contribution is 0.600. The zero-order chi connectivity index (χ0) is 15.6. The van der Waals surface area contributed by atoms with Gasteiger partial charge >= 0.3 is 0 Å². The van der Waals surface area contributed by atoms with Crippen LogP contribution in [-0.4, -0.2) is 8.42 Å². The number of sulfonamides is 1. The highest BCUT2D eigenvalue weighted by Gasteiger charge is 2.17. The second kappa shape index (κ2) is 5.42.